The zero-order chi connectivity index (χ0) is 12.5. The first-order valence-electron chi connectivity index (χ1n) is 5.60. The van der Waals surface area contributed by atoms with Gasteiger partial charge in [0.1, 0.15) is 0 Å². The molecule has 0 aliphatic carbocycles. The lowest BCUT2D eigenvalue weighted by Gasteiger charge is -2.19. The van der Waals surface area contributed by atoms with Gasteiger partial charge in [0.2, 0.25) is 0 Å². The van der Waals surface area contributed by atoms with E-state index in [0.717, 1.165) is 5.69 Å². The van der Waals surface area contributed by atoms with Crippen LogP contribution >= 0.6 is 0 Å². The number of nitrogens with zero attached hydrogens (tertiary/aromatic N) is 1. The van der Waals surface area contributed by atoms with Gasteiger partial charge in [0, 0.05) is 24.3 Å². The molecule has 1 aliphatic heterocycles. The van der Waals surface area contributed by atoms with Gasteiger partial charge in [-0.3, -0.25) is 10.6 Å². The van der Waals surface area contributed by atoms with Crippen molar-refractivity contribution in [1.82, 2.24) is 4.90 Å². The van der Waals surface area contributed by atoms with Crippen LogP contribution in [0, 0.1) is 0 Å². The summed E-state index contributed by atoms with van der Waals surface area (Å²) in [5.74, 6) is 5.21. The average Bonchev–Trinajstić information content (AvgIpc) is 2.69. The lowest BCUT2D eigenvalue weighted by Crippen LogP contribution is -2.33. The van der Waals surface area contributed by atoms with Gasteiger partial charge in [-0.2, -0.15) is 0 Å². The zero-order valence-electron chi connectivity index (χ0n) is 9.81. The van der Waals surface area contributed by atoms with Crippen LogP contribution in [0.25, 0.3) is 0 Å². The highest BCUT2D eigenvalue weighted by Gasteiger charge is 2.34. The van der Waals surface area contributed by atoms with Crippen molar-refractivity contribution < 1.29 is 9.90 Å². The highest BCUT2D eigenvalue weighted by Crippen LogP contribution is 2.22. The Morgan fingerprint density at radius 1 is 1.47 bits per heavy atom. The lowest BCUT2D eigenvalue weighted by molar-refractivity contribution is 0.0572. The number of nitrogen functional groups attached to an aromatic ring is 1. The first kappa shape index (κ1) is 11.9. The number of benzene rings is 1. The highest BCUT2D eigenvalue weighted by molar-refractivity contribution is 5.94. The molecular formula is C12H17N3O2. The van der Waals surface area contributed by atoms with Gasteiger partial charge in [0.15, 0.2) is 0 Å². The highest BCUT2D eigenvalue weighted by atomic mass is 16.3. The molecule has 1 aromatic rings. The van der Waals surface area contributed by atoms with Crippen LogP contribution in [0.1, 0.15) is 23.7 Å². The molecule has 0 aromatic heterocycles. The van der Waals surface area contributed by atoms with Crippen LogP contribution in [-0.4, -0.2) is 34.6 Å². The maximum Gasteiger partial charge on any atom is 0.253 e. The van der Waals surface area contributed by atoms with E-state index in [1.165, 1.54) is 0 Å². The summed E-state index contributed by atoms with van der Waals surface area (Å²) in [6.45, 7) is 2.74. The Labute approximate surface area is 100 Å². The normalized spacial score (nSPS) is 23.8. The average molecular weight is 235 g/mol. The number of likely N-dealkylation sites (tertiary alicyclic amines) is 1. The summed E-state index contributed by atoms with van der Waals surface area (Å²) in [6.07, 6.45) is 0.626. The maximum atomic E-state index is 12.1. The third-order valence-corrected chi connectivity index (χ3v) is 3.04. The van der Waals surface area contributed by atoms with Gasteiger partial charge in [0.05, 0.1) is 5.60 Å². The fraction of sp³-hybridized carbons (Fsp3) is 0.417. The van der Waals surface area contributed by atoms with Crippen molar-refractivity contribution in [2.75, 3.05) is 18.5 Å². The molecule has 1 aliphatic rings. The molecule has 2 rings (SSSR count). The predicted molar refractivity (Wildman–Crippen MR) is 65.4 cm³/mol. The molecule has 5 nitrogen and oxygen atoms in total. The van der Waals surface area contributed by atoms with Gasteiger partial charge in [-0.15, -0.1) is 0 Å². The predicted octanol–water partition coefficient (Wildman–Crippen LogP) is 0.569. The Hall–Kier alpha value is -1.59. The molecule has 1 atom stereocenters. The van der Waals surface area contributed by atoms with Crippen LogP contribution in [0.5, 0.6) is 0 Å². The van der Waals surface area contributed by atoms with Crippen LogP contribution < -0.4 is 11.3 Å². The van der Waals surface area contributed by atoms with Crippen LogP contribution in [-0.2, 0) is 0 Å². The molecular weight excluding hydrogens is 218 g/mol. The molecule has 1 unspecified atom stereocenters. The summed E-state index contributed by atoms with van der Waals surface area (Å²) in [4.78, 5) is 13.8. The SMILES string of the molecule is CC1(O)CCN(C(=O)c2ccc(NN)cc2)C1. The number of hydrogen-bond acceptors (Lipinski definition) is 4. The minimum Gasteiger partial charge on any atom is -0.388 e. The molecule has 0 spiro atoms. The number of anilines is 1. The van der Waals surface area contributed by atoms with Crippen molar-refractivity contribution >= 4 is 11.6 Å². The van der Waals surface area contributed by atoms with Gasteiger partial charge in [-0.25, -0.2) is 0 Å². The van der Waals surface area contributed by atoms with Crippen molar-refractivity contribution in [1.29, 1.82) is 0 Å². The summed E-state index contributed by atoms with van der Waals surface area (Å²) in [5, 5.41) is 9.82. The molecule has 0 radical (unpaired) electrons. The number of nitrogens with two attached hydrogens (primary N) is 1. The molecule has 4 N–H and O–H groups in total. The molecule has 1 amide bonds. The fourth-order valence-electron chi connectivity index (χ4n) is 2.01. The van der Waals surface area contributed by atoms with E-state index in [1.807, 2.05) is 0 Å². The molecule has 1 saturated heterocycles. The van der Waals surface area contributed by atoms with Gasteiger partial charge in [0.25, 0.3) is 5.91 Å². The standard InChI is InChI=1S/C12H17N3O2/c1-12(17)6-7-15(8-12)11(16)9-2-4-10(14-13)5-3-9/h2-5,14,17H,6-8,13H2,1H3. The largest absolute Gasteiger partial charge is 0.388 e. The molecule has 0 bridgehead atoms. The number of rotatable bonds is 2. The Morgan fingerprint density at radius 3 is 2.59 bits per heavy atom. The number of amides is 1. The van der Waals surface area contributed by atoms with Gasteiger partial charge in [-0.05, 0) is 37.6 Å². The molecule has 17 heavy (non-hydrogen) atoms. The number of aliphatic hydroxyl groups is 1. The molecule has 1 heterocycles. The summed E-state index contributed by atoms with van der Waals surface area (Å²) >= 11 is 0. The summed E-state index contributed by atoms with van der Waals surface area (Å²) in [5.41, 5.74) is 3.13. The van der Waals surface area contributed by atoms with Gasteiger partial charge >= 0.3 is 0 Å². The maximum absolute atomic E-state index is 12.1. The number of hydrogen-bond donors (Lipinski definition) is 3. The third-order valence-electron chi connectivity index (χ3n) is 3.04. The van der Waals surface area contributed by atoms with Crippen molar-refractivity contribution in [2.24, 2.45) is 5.84 Å². The fourth-order valence-corrected chi connectivity index (χ4v) is 2.01. The van der Waals surface area contributed by atoms with Crippen LogP contribution in [0.15, 0.2) is 24.3 Å². The Balaban J connectivity index is 2.09. The van der Waals surface area contributed by atoms with E-state index in [4.69, 9.17) is 5.84 Å². The minimum atomic E-state index is -0.756. The minimum absolute atomic E-state index is 0.0497. The summed E-state index contributed by atoms with van der Waals surface area (Å²) < 4.78 is 0. The van der Waals surface area contributed by atoms with E-state index >= 15 is 0 Å². The van der Waals surface area contributed by atoms with Crippen molar-refractivity contribution in [3.63, 3.8) is 0 Å². The second-order valence-corrected chi connectivity index (χ2v) is 4.70. The van der Waals surface area contributed by atoms with Crippen LogP contribution in [0.3, 0.4) is 0 Å². The van der Waals surface area contributed by atoms with E-state index in [-0.39, 0.29) is 5.91 Å². The Morgan fingerprint density at radius 2 is 2.12 bits per heavy atom. The van der Waals surface area contributed by atoms with E-state index in [1.54, 1.807) is 36.1 Å². The van der Waals surface area contributed by atoms with Crippen LogP contribution in [0.4, 0.5) is 5.69 Å². The lowest BCUT2D eigenvalue weighted by atomic mass is 10.1. The topological polar surface area (TPSA) is 78.6 Å². The van der Waals surface area contributed by atoms with Crippen molar-refractivity contribution in [3.8, 4) is 0 Å². The summed E-state index contributed by atoms with van der Waals surface area (Å²) in [7, 11) is 0. The molecule has 92 valence electrons. The van der Waals surface area contributed by atoms with Gasteiger partial charge < -0.3 is 15.4 Å². The number of β-amino-alcohol motifs (C(OH)–C–C–N with tert-alkyl or cyclic N) is 1. The number of hydrazine groups is 1. The smallest absolute Gasteiger partial charge is 0.253 e. The van der Waals surface area contributed by atoms with E-state index in [0.29, 0.717) is 25.1 Å². The monoisotopic (exact) mass is 235 g/mol. The number of nitrogens with one attached hydrogen (secondary N) is 1. The Bertz CT molecular complexity index is 414. The first-order chi connectivity index (χ1) is 8.02. The first-order valence-corrected chi connectivity index (χ1v) is 5.60. The van der Waals surface area contributed by atoms with Crippen LogP contribution in [0.2, 0.25) is 0 Å². The molecule has 5 heteroatoms. The molecule has 1 fully saturated rings. The molecule has 0 saturated carbocycles. The second kappa shape index (κ2) is 4.35. The van der Waals surface area contributed by atoms with Gasteiger partial charge in [-0.1, -0.05) is 0 Å². The van der Waals surface area contributed by atoms with Crippen molar-refractivity contribution in [3.05, 3.63) is 29.8 Å². The summed E-state index contributed by atoms with van der Waals surface area (Å²) in [6, 6.07) is 6.96. The van der Waals surface area contributed by atoms with E-state index < -0.39 is 5.60 Å². The van der Waals surface area contributed by atoms with E-state index in [2.05, 4.69) is 5.43 Å². The number of carbonyl (C=O) groups excluding carboxylic acids is 1. The van der Waals surface area contributed by atoms with Crippen molar-refractivity contribution in [2.45, 2.75) is 18.9 Å². The second-order valence-electron chi connectivity index (χ2n) is 4.70. The molecule has 1 aromatic carbocycles. The quantitative estimate of drug-likeness (QED) is 0.517. The zero-order valence-corrected chi connectivity index (χ0v) is 9.81. The Kier molecular flexibility index (Phi) is 3.04. The van der Waals surface area contributed by atoms with E-state index in [9.17, 15) is 9.90 Å². The third kappa shape index (κ3) is 2.57. The number of carbonyl (C=O) groups is 1.